The molecule has 0 amide bonds. The number of alkyl halides is 1. The molecule has 0 fully saturated rings. The number of hydrogen-bond acceptors (Lipinski definition) is 3. The van der Waals surface area contributed by atoms with Crippen molar-refractivity contribution in [3.63, 3.8) is 0 Å². The lowest BCUT2D eigenvalue weighted by atomic mass is 9.80. The molecule has 1 aliphatic rings. The van der Waals surface area contributed by atoms with Gasteiger partial charge in [-0.05, 0) is 55.0 Å². The van der Waals surface area contributed by atoms with Crippen LogP contribution in [0, 0.1) is 5.92 Å². The largest absolute Gasteiger partial charge is 0.365 e. The van der Waals surface area contributed by atoms with Crippen molar-refractivity contribution in [2.75, 3.05) is 20.3 Å². The number of aromatic nitrogens is 1. The number of aromatic amines is 1. The van der Waals surface area contributed by atoms with E-state index in [0.29, 0.717) is 6.54 Å². The number of ether oxygens (including phenoxy) is 1. The van der Waals surface area contributed by atoms with Crippen LogP contribution in [-0.2, 0) is 11.2 Å². The summed E-state index contributed by atoms with van der Waals surface area (Å²) in [7, 11) is 1.47. The molecular weight excluding hydrogens is 403 g/mol. The number of nitrogens with zero attached hydrogens (tertiary/aromatic N) is 1. The van der Waals surface area contributed by atoms with Gasteiger partial charge in [0.1, 0.15) is 0 Å². The first kappa shape index (κ1) is 22.7. The molecule has 4 rings (SSSR count). The first-order valence-corrected chi connectivity index (χ1v) is 11.2. The fourth-order valence-corrected chi connectivity index (χ4v) is 4.83. The Morgan fingerprint density at radius 2 is 1.94 bits per heavy atom. The maximum atomic E-state index is 13.5. The van der Waals surface area contributed by atoms with E-state index < -0.39 is 6.29 Å². The molecular formula is C27H33FN2O2. The normalized spacial score (nSPS) is 20.5. The molecule has 3 atom stereocenters. The zero-order valence-electron chi connectivity index (χ0n) is 19.3. The Hall–Kier alpha value is -2.47. The van der Waals surface area contributed by atoms with Gasteiger partial charge in [-0.25, -0.2) is 0 Å². The van der Waals surface area contributed by atoms with Gasteiger partial charge in [-0.3, -0.25) is 9.29 Å². The van der Waals surface area contributed by atoms with Crippen LogP contribution in [0.15, 0.2) is 54.6 Å². The van der Waals surface area contributed by atoms with E-state index >= 15 is 0 Å². The zero-order chi connectivity index (χ0) is 22.9. The van der Waals surface area contributed by atoms with Gasteiger partial charge in [0.25, 0.3) is 0 Å². The third-order valence-electron chi connectivity index (χ3n) is 6.54. The number of hydrogen-bond donors (Lipinski definition) is 2. The number of aliphatic hydroxyl groups is 1. The predicted octanol–water partition coefficient (Wildman–Crippen LogP) is 5.48. The summed E-state index contributed by atoms with van der Waals surface area (Å²) in [5.74, 6) is -0.0413. The summed E-state index contributed by atoms with van der Waals surface area (Å²) in [6.45, 7) is 6.86. The predicted molar refractivity (Wildman–Crippen MR) is 128 cm³/mol. The van der Waals surface area contributed by atoms with Crippen molar-refractivity contribution >= 4 is 17.0 Å². The minimum absolute atomic E-state index is 0.0118. The number of rotatable bonds is 7. The fraction of sp³-hybridized carbons (Fsp3) is 0.407. The van der Waals surface area contributed by atoms with E-state index in [2.05, 4.69) is 72.3 Å². The molecule has 0 radical (unpaired) electrons. The van der Waals surface area contributed by atoms with E-state index in [1.54, 1.807) is 6.08 Å². The highest BCUT2D eigenvalue weighted by atomic mass is 19.1. The number of aliphatic hydroxyl groups excluding tert-OH is 1. The maximum absolute atomic E-state index is 13.5. The summed E-state index contributed by atoms with van der Waals surface area (Å²) >= 11 is 0. The van der Waals surface area contributed by atoms with E-state index in [1.165, 1.54) is 29.3 Å². The van der Waals surface area contributed by atoms with Crippen molar-refractivity contribution in [1.29, 1.82) is 0 Å². The molecule has 0 saturated carbocycles. The number of halogens is 1. The quantitative estimate of drug-likeness (QED) is 0.482. The number of methoxy groups -OCH3 is 1. The molecule has 2 N–H and O–H groups in total. The summed E-state index contributed by atoms with van der Waals surface area (Å²) < 4.78 is 18.4. The highest BCUT2D eigenvalue weighted by molar-refractivity contribution is 5.85. The van der Waals surface area contributed by atoms with Crippen molar-refractivity contribution in [1.82, 2.24) is 9.88 Å². The van der Waals surface area contributed by atoms with Gasteiger partial charge in [-0.2, -0.15) is 0 Å². The lowest BCUT2D eigenvalue weighted by Crippen LogP contribution is -2.53. The standard InChI is InChI=1S/C27H33FN2O2/c1-18(16-28)17-30-26(20-12-9-19(10-13-20)11-14-24(31)32-4)25-22(15-27(30,2)3)21-7-5-6-8-23(21)29-25/h5-14,18,24,26,29,31H,15-17H2,1-4H3/b14-11+/t18-,24?,26?/m1/s1. The third kappa shape index (κ3) is 4.38. The Kier molecular flexibility index (Phi) is 6.52. The number of H-pyrrole nitrogens is 1. The van der Waals surface area contributed by atoms with Gasteiger partial charge in [0.05, 0.1) is 12.7 Å². The SMILES string of the molecule is COC(O)/C=C/c1ccc(C2c3[nH]c4ccccc4c3CC(C)(C)N2C[C@H](C)CF)cc1. The molecule has 3 aromatic rings. The molecule has 0 spiro atoms. The second-order valence-electron chi connectivity index (χ2n) is 9.52. The highest BCUT2D eigenvalue weighted by Gasteiger charge is 2.42. The van der Waals surface area contributed by atoms with Crippen LogP contribution in [0.1, 0.15) is 49.2 Å². The van der Waals surface area contributed by atoms with Crippen molar-refractivity contribution in [3.8, 4) is 0 Å². The minimum atomic E-state index is -0.916. The maximum Gasteiger partial charge on any atom is 0.174 e. The van der Waals surface area contributed by atoms with Crippen LogP contribution in [0.25, 0.3) is 17.0 Å². The van der Waals surface area contributed by atoms with E-state index in [9.17, 15) is 9.50 Å². The van der Waals surface area contributed by atoms with Gasteiger partial charge < -0.3 is 14.8 Å². The van der Waals surface area contributed by atoms with E-state index in [0.717, 1.165) is 17.5 Å². The molecule has 1 aliphatic heterocycles. The topological polar surface area (TPSA) is 48.5 Å². The minimum Gasteiger partial charge on any atom is -0.365 e. The zero-order valence-corrected chi connectivity index (χ0v) is 19.3. The van der Waals surface area contributed by atoms with E-state index in [4.69, 9.17) is 4.74 Å². The summed E-state index contributed by atoms with van der Waals surface area (Å²) in [4.78, 5) is 6.14. The number of benzene rings is 2. The molecule has 1 aromatic heterocycles. The Morgan fingerprint density at radius 3 is 2.62 bits per heavy atom. The van der Waals surface area contributed by atoms with Gasteiger partial charge in [0.2, 0.25) is 0 Å². The second-order valence-corrected chi connectivity index (χ2v) is 9.52. The Morgan fingerprint density at radius 1 is 1.22 bits per heavy atom. The summed E-state index contributed by atoms with van der Waals surface area (Å²) in [5.41, 5.74) is 5.74. The Bertz CT molecular complexity index is 1090. The fourth-order valence-electron chi connectivity index (χ4n) is 4.83. The lowest BCUT2D eigenvalue weighted by molar-refractivity contribution is -0.0350. The van der Waals surface area contributed by atoms with Gasteiger partial charge in [-0.1, -0.05) is 55.5 Å². The summed E-state index contributed by atoms with van der Waals surface area (Å²) in [6.07, 6.45) is 3.46. The molecule has 0 bridgehead atoms. The molecule has 5 heteroatoms. The van der Waals surface area contributed by atoms with E-state index in [-0.39, 0.29) is 24.2 Å². The smallest absolute Gasteiger partial charge is 0.174 e. The van der Waals surface area contributed by atoms with Crippen molar-refractivity contribution in [3.05, 3.63) is 77.0 Å². The summed E-state index contributed by atoms with van der Waals surface area (Å²) in [6, 6.07) is 16.8. The molecule has 4 nitrogen and oxygen atoms in total. The molecule has 2 unspecified atom stereocenters. The Balaban J connectivity index is 1.79. The average Bonchev–Trinajstić information content (AvgIpc) is 3.15. The number of fused-ring (bicyclic) bond motifs is 3. The third-order valence-corrected chi connectivity index (χ3v) is 6.54. The van der Waals surface area contributed by atoms with E-state index in [1.807, 2.05) is 13.0 Å². The summed E-state index contributed by atoms with van der Waals surface area (Å²) in [5, 5.41) is 10.9. The molecule has 170 valence electrons. The van der Waals surface area contributed by atoms with Gasteiger partial charge >= 0.3 is 0 Å². The molecule has 0 saturated heterocycles. The Labute approximate surface area is 189 Å². The molecule has 0 aliphatic carbocycles. The van der Waals surface area contributed by atoms with Crippen molar-refractivity contribution in [2.24, 2.45) is 5.92 Å². The van der Waals surface area contributed by atoms with Gasteiger partial charge in [0, 0.05) is 35.8 Å². The second kappa shape index (κ2) is 9.18. The van der Waals surface area contributed by atoms with Gasteiger partial charge in [-0.15, -0.1) is 0 Å². The lowest BCUT2D eigenvalue weighted by Gasteiger charge is -2.48. The van der Waals surface area contributed by atoms with Crippen molar-refractivity contribution < 1.29 is 14.2 Å². The van der Waals surface area contributed by atoms with Crippen molar-refractivity contribution in [2.45, 2.75) is 45.1 Å². The molecule has 2 aromatic carbocycles. The monoisotopic (exact) mass is 436 g/mol. The van der Waals surface area contributed by atoms with Crippen LogP contribution >= 0.6 is 0 Å². The van der Waals surface area contributed by atoms with Crippen LogP contribution in [0.2, 0.25) is 0 Å². The number of para-hydroxylation sites is 1. The van der Waals surface area contributed by atoms with Gasteiger partial charge in [0.15, 0.2) is 6.29 Å². The highest BCUT2D eigenvalue weighted by Crippen LogP contribution is 2.45. The number of nitrogens with one attached hydrogen (secondary N) is 1. The molecule has 32 heavy (non-hydrogen) atoms. The first-order valence-electron chi connectivity index (χ1n) is 11.2. The van der Waals surface area contributed by atoms with Crippen LogP contribution in [0.5, 0.6) is 0 Å². The van der Waals surface area contributed by atoms with Crippen LogP contribution in [0.4, 0.5) is 4.39 Å². The molecule has 2 heterocycles. The van der Waals surface area contributed by atoms with Crippen LogP contribution in [-0.4, -0.2) is 47.1 Å². The van der Waals surface area contributed by atoms with Crippen LogP contribution in [0.3, 0.4) is 0 Å². The first-order chi connectivity index (χ1) is 15.3. The average molecular weight is 437 g/mol. The van der Waals surface area contributed by atoms with Crippen LogP contribution < -0.4 is 0 Å².